The van der Waals surface area contributed by atoms with Gasteiger partial charge in [0.2, 0.25) is 5.91 Å². The van der Waals surface area contributed by atoms with E-state index in [1.54, 1.807) is 11.3 Å². The lowest BCUT2D eigenvalue weighted by molar-refractivity contribution is -0.121. The molecule has 2 aliphatic heterocycles. The maximum atomic E-state index is 11.8. The van der Waals surface area contributed by atoms with Gasteiger partial charge in [0.05, 0.1) is 5.69 Å². The monoisotopic (exact) mass is 370 g/mol. The highest BCUT2D eigenvalue weighted by molar-refractivity contribution is 7.13. The summed E-state index contributed by atoms with van der Waals surface area (Å²) in [4.78, 5) is 21.6. The maximum Gasteiger partial charge on any atom is 0.220 e. The largest absolute Gasteiger partial charge is 0.356 e. The molecule has 138 valence electrons. The summed E-state index contributed by atoms with van der Waals surface area (Å²) >= 11 is 1.72. The summed E-state index contributed by atoms with van der Waals surface area (Å²) in [6.45, 7) is 4.78. The number of benzene rings is 1. The molecule has 0 radical (unpaired) electrons. The van der Waals surface area contributed by atoms with E-state index in [0.29, 0.717) is 6.42 Å². The number of carbonyl (C=O) groups is 1. The summed E-state index contributed by atoms with van der Waals surface area (Å²) in [6.07, 6.45) is 2.60. The lowest BCUT2D eigenvalue weighted by Crippen LogP contribution is -2.60. The summed E-state index contributed by atoms with van der Waals surface area (Å²) in [5.74, 6) is 0.194. The second-order valence-electron chi connectivity index (χ2n) is 7.47. The molecule has 1 aromatic heterocycles. The standard InChI is InChI=1S/C20H26N4OS/c1-23-11-12-24(15-20(23)8-7-18(25)21-10-9-20)13-17-14-26-19(22-17)16-5-3-2-4-6-16/h2-6,14H,7-13,15H2,1H3,(H,21,25)/t20-/m1/s1. The molecule has 1 amide bonds. The molecule has 0 unspecified atom stereocenters. The van der Waals surface area contributed by atoms with E-state index in [1.807, 2.05) is 6.07 Å². The van der Waals surface area contributed by atoms with Crippen molar-refractivity contribution in [3.63, 3.8) is 0 Å². The predicted molar refractivity (Wildman–Crippen MR) is 105 cm³/mol. The first kappa shape index (κ1) is 17.6. The van der Waals surface area contributed by atoms with Crippen LogP contribution in [0.3, 0.4) is 0 Å². The first-order valence-electron chi connectivity index (χ1n) is 9.35. The van der Waals surface area contributed by atoms with Crippen molar-refractivity contribution >= 4 is 17.2 Å². The van der Waals surface area contributed by atoms with Gasteiger partial charge in [-0.3, -0.25) is 14.6 Å². The summed E-state index contributed by atoms with van der Waals surface area (Å²) in [7, 11) is 2.21. The van der Waals surface area contributed by atoms with Gasteiger partial charge in [0.1, 0.15) is 5.01 Å². The van der Waals surface area contributed by atoms with Gasteiger partial charge in [-0.2, -0.15) is 0 Å². The van der Waals surface area contributed by atoms with E-state index >= 15 is 0 Å². The van der Waals surface area contributed by atoms with Crippen molar-refractivity contribution in [3.8, 4) is 10.6 Å². The van der Waals surface area contributed by atoms with Gasteiger partial charge in [-0.15, -0.1) is 11.3 Å². The summed E-state index contributed by atoms with van der Waals surface area (Å²) in [5, 5.41) is 6.31. The molecule has 0 saturated carbocycles. The van der Waals surface area contributed by atoms with Gasteiger partial charge < -0.3 is 5.32 Å². The van der Waals surface area contributed by atoms with Crippen molar-refractivity contribution in [1.82, 2.24) is 20.1 Å². The molecule has 2 fully saturated rings. The molecule has 6 heteroatoms. The van der Waals surface area contributed by atoms with E-state index in [1.165, 1.54) is 5.56 Å². The van der Waals surface area contributed by atoms with Crippen LogP contribution in [-0.4, -0.2) is 59.5 Å². The van der Waals surface area contributed by atoms with Crippen molar-refractivity contribution < 1.29 is 4.79 Å². The normalized spacial score (nSPS) is 25.2. The Morgan fingerprint density at radius 2 is 2.08 bits per heavy atom. The number of nitrogens with one attached hydrogen (secondary N) is 1. The smallest absolute Gasteiger partial charge is 0.220 e. The van der Waals surface area contributed by atoms with Crippen molar-refractivity contribution in [2.75, 3.05) is 33.2 Å². The number of likely N-dealkylation sites (N-methyl/N-ethyl adjacent to an activating group) is 1. The van der Waals surface area contributed by atoms with Crippen LogP contribution in [0.2, 0.25) is 0 Å². The number of hydrogen-bond acceptors (Lipinski definition) is 5. The second kappa shape index (κ2) is 7.47. The predicted octanol–water partition coefficient (Wildman–Crippen LogP) is 2.60. The Balaban J connectivity index is 1.45. The van der Waals surface area contributed by atoms with Gasteiger partial charge in [-0.05, 0) is 19.9 Å². The molecule has 1 spiro atoms. The van der Waals surface area contributed by atoms with E-state index in [2.05, 4.69) is 51.8 Å². The van der Waals surface area contributed by atoms with Crippen molar-refractivity contribution in [1.29, 1.82) is 0 Å². The van der Waals surface area contributed by atoms with E-state index in [-0.39, 0.29) is 11.4 Å². The molecule has 5 nitrogen and oxygen atoms in total. The number of rotatable bonds is 3. The molecule has 0 bridgehead atoms. The molecule has 1 N–H and O–H groups in total. The molecular formula is C20H26N4OS. The molecule has 2 aromatic rings. The van der Waals surface area contributed by atoms with Crippen LogP contribution in [-0.2, 0) is 11.3 Å². The Morgan fingerprint density at radius 1 is 1.23 bits per heavy atom. The highest BCUT2D eigenvalue weighted by Gasteiger charge is 2.40. The molecular weight excluding hydrogens is 344 g/mol. The molecule has 1 aromatic carbocycles. The number of thiazole rings is 1. The molecule has 1 atom stereocenters. The van der Waals surface area contributed by atoms with Gasteiger partial charge in [0.25, 0.3) is 0 Å². The third kappa shape index (κ3) is 3.68. The molecule has 3 heterocycles. The molecule has 26 heavy (non-hydrogen) atoms. The lowest BCUT2D eigenvalue weighted by Gasteiger charge is -2.49. The minimum absolute atomic E-state index is 0.107. The lowest BCUT2D eigenvalue weighted by atomic mass is 9.86. The maximum absolute atomic E-state index is 11.8. The number of nitrogens with zero attached hydrogens (tertiary/aromatic N) is 3. The molecule has 0 aliphatic carbocycles. The molecule has 4 rings (SSSR count). The first-order valence-corrected chi connectivity index (χ1v) is 10.2. The fraction of sp³-hybridized carbons (Fsp3) is 0.500. The van der Waals surface area contributed by atoms with E-state index in [4.69, 9.17) is 4.98 Å². The van der Waals surface area contributed by atoms with Crippen LogP contribution in [0.15, 0.2) is 35.7 Å². The van der Waals surface area contributed by atoms with Gasteiger partial charge >= 0.3 is 0 Å². The zero-order chi connectivity index (χ0) is 18.0. The third-order valence-electron chi connectivity index (χ3n) is 5.77. The quantitative estimate of drug-likeness (QED) is 0.902. The number of hydrogen-bond donors (Lipinski definition) is 1. The highest BCUT2D eigenvalue weighted by Crippen LogP contribution is 2.31. The zero-order valence-electron chi connectivity index (χ0n) is 15.3. The van der Waals surface area contributed by atoms with E-state index in [9.17, 15) is 4.79 Å². The van der Waals surface area contributed by atoms with E-state index < -0.39 is 0 Å². The second-order valence-corrected chi connectivity index (χ2v) is 8.32. The van der Waals surface area contributed by atoms with Crippen LogP contribution >= 0.6 is 11.3 Å². The van der Waals surface area contributed by atoms with Gasteiger partial charge in [0, 0.05) is 55.6 Å². The topological polar surface area (TPSA) is 48.5 Å². The number of carbonyl (C=O) groups excluding carboxylic acids is 1. The summed E-state index contributed by atoms with van der Waals surface area (Å²) < 4.78 is 0. The van der Waals surface area contributed by atoms with E-state index in [0.717, 1.165) is 56.3 Å². The van der Waals surface area contributed by atoms with Crippen LogP contribution in [0.5, 0.6) is 0 Å². The fourth-order valence-electron chi connectivity index (χ4n) is 4.14. The van der Waals surface area contributed by atoms with Crippen molar-refractivity contribution in [2.45, 2.75) is 31.3 Å². The zero-order valence-corrected chi connectivity index (χ0v) is 16.1. The third-order valence-corrected chi connectivity index (χ3v) is 6.71. The van der Waals surface area contributed by atoms with Gasteiger partial charge in [-0.1, -0.05) is 30.3 Å². The summed E-state index contributed by atoms with van der Waals surface area (Å²) in [5.41, 5.74) is 2.44. The minimum atomic E-state index is 0.107. The Bertz CT molecular complexity index is 762. The fourth-order valence-corrected chi connectivity index (χ4v) is 4.95. The van der Waals surface area contributed by atoms with Crippen LogP contribution < -0.4 is 5.32 Å². The highest BCUT2D eigenvalue weighted by atomic mass is 32.1. The Morgan fingerprint density at radius 3 is 2.92 bits per heavy atom. The Labute approximate surface area is 159 Å². The SMILES string of the molecule is CN1CCN(Cc2csc(-c3ccccc3)n2)C[C@@]12CCNC(=O)CC2. The molecule has 2 aliphatic rings. The number of piperazine rings is 1. The Kier molecular flexibility index (Phi) is 5.07. The van der Waals surface area contributed by atoms with Crippen LogP contribution in [0, 0.1) is 0 Å². The minimum Gasteiger partial charge on any atom is -0.356 e. The number of amides is 1. The van der Waals surface area contributed by atoms with Crippen LogP contribution in [0.4, 0.5) is 0 Å². The van der Waals surface area contributed by atoms with Gasteiger partial charge in [-0.25, -0.2) is 4.98 Å². The van der Waals surface area contributed by atoms with Gasteiger partial charge in [0.15, 0.2) is 0 Å². The van der Waals surface area contributed by atoms with Crippen molar-refractivity contribution in [2.24, 2.45) is 0 Å². The Hall–Kier alpha value is -1.76. The average Bonchev–Trinajstić information content (AvgIpc) is 3.04. The average molecular weight is 371 g/mol. The van der Waals surface area contributed by atoms with Crippen LogP contribution in [0.25, 0.3) is 10.6 Å². The first-order chi connectivity index (χ1) is 12.6. The number of aromatic nitrogens is 1. The van der Waals surface area contributed by atoms with Crippen molar-refractivity contribution in [3.05, 3.63) is 41.4 Å². The van der Waals surface area contributed by atoms with Crippen LogP contribution in [0.1, 0.15) is 25.0 Å². The summed E-state index contributed by atoms with van der Waals surface area (Å²) in [6, 6.07) is 10.4. The molecule has 2 saturated heterocycles.